The van der Waals surface area contributed by atoms with Crippen LogP contribution in [-0.4, -0.2) is 5.78 Å². The summed E-state index contributed by atoms with van der Waals surface area (Å²) in [6.07, 6.45) is 1.56. The number of carbonyl (C=O) groups excluding carboxylic acids is 1. The van der Waals surface area contributed by atoms with Crippen LogP contribution >= 0.6 is 33.9 Å². The lowest BCUT2D eigenvalue weighted by Crippen LogP contribution is -1.93. The van der Waals surface area contributed by atoms with Gasteiger partial charge in [0, 0.05) is 14.9 Å². The summed E-state index contributed by atoms with van der Waals surface area (Å²) in [5, 5.41) is 0. The highest BCUT2D eigenvalue weighted by molar-refractivity contribution is 14.1. The van der Waals surface area contributed by atoms with Gasteiger partial charge in [0.05, 0.1) is 4.88 Å². The van der Waals surface area contributed by atoms with E-state index >= 15 is 0 Å². The van der Waals surface area contributed by atoms with Gasteiger partial charge in [-0.1, -0.05) is 19.1 Å². The average Bonchev–Trinajstić information content (AvgIpc) is 2.80. The maximum Gasteiger partial charge on any atom is 0.172 e. The van der Waals surface area contributed by atoms with E-state index in [1.165, 1.54) is 14.0 Å². The molecule has 3 heteroatoms. The molecule has 0 aliphatic rings. The highest BCUT2D eigenvalue weighted by Crippen LogP contribution is 2.29. The van der Waals surface area contributed by atoms with Crippen molar-refractivity contribution >= 4 is 39.7 Å². The molecule has 0 bridgehead atoms. The molecule has 17 heavy (non-hydrogen) atoms. The van der Waals surface area contributed by atoms with Crippen molar-refractivity contribution in [3.05, 3.63) is 44.8 Å². The Morgan fingerprint density at radius 1 is 1.18 bits per heavy atom. The number of halogens is 1. The van der Waals surface area contributed by atoms with Gasteiger partial charge in [-0.05, 0) is 58.8 Å². The van der Waals surface area contributed by atoms with Crippen molar-refractivity contribution < 1.29 is 4.79 Å². The highest BCUT2D eigenvalue weighted by atomic mass is 127. The molecular formula is C14H13IOS. The third-order valence-electron chi connectivity index (χ3n) is 2.49. The van der Waals surface area contributed by atoms with Crippen LogP contribution in [0.3, 0.4) is 0 Å². The molecule has 0 aliphatic heterocycles. The van der Waals surface area contributed by atoms with Gasteiger partial charge in [0.25, 0.3) is 0 Å². The maximum absolute atomic E-state index is 11.8. The van der Waals surface area contributed by atoms with E-state index in [0.29, 0.717) is 6.42 Å². The molecule has 1 nitrogen and oxygen atoms in total. The molecule has 1 aromatic carbocycles. The number of thiophene rings is 1. The molecule has 0 unspecified atom stereocenters. The van der Waals surface area contributed by atoms with Crippen molar-refractivity contribution in [1.29, 1.82) is 0 Å². The smallest absolute Gasteiger partial charge is 0.172 e. The van der Waals surface area contributed by atoms with Gasteiger partial charge in [0.15, 0.2) is 5.78 Å². The molecule has 0 amide bonds. The van der Waals surface area contributed by atoms with Crippen molar-refractivity contribution in [2.45, 2.75) is 19.8 Å². The summed E-state index contributed by atoms with van der Waals surface area (Å²) in [6.45, 7) is 2.03. The van der Waals surface area contributed by atoms with Gasteiger partial charge in [-0.15, -0.1) is 11.3 Å². The summed E-state index contributed by atoms with van der Waals surface area (Å²) >= 11 is 3.88. The third-order valence-corrected chi connectivity index (χ3v) is 4.38. The second-order valence-corrected chi connectivity index (χ2v) is 6.17. The lowest BCUT2D eigenvalue weighted by molar-refractivity contribution is 0.0985. The molecule has 0 atom stereocenters. The second kappa shape index (κ2) is 5.78. The molecule has 0 radical (unpaired) electrons. The minimum Gasteiger partial charge on any atom is -0.293 e. The van der Waals surface area contributed by atoms with Crippen molar-refractivity contribution in [2.75, 3.05) is 0 Å². The minimum absolute atomic E-state index is 0.259. The Hall–Kier alpha value is -0.680. The monoisotopic (exact) mass is 356 g/mol. The Kier molecular flexibility index (Phi) is 4.34. The molecule has 1 heterocycles. The van der Waals surface area contributed by atoms with Crippen molar-refractivity contribution in [1.82, 2.24) is 0 Å². The van der Waals surface area contributed by atoms with Crippen LogP contribution in [0.15, 0.2) is 36.4 Å². The fourth-order valence-electron chi connectivity index (χ4n) is 1.61. The van der Waals surface area contributed by atoms with Gasteiger partial charge in [0.1, 0.15) is 0 Å². The zero-order valence-corrected chi connectivity index (χ0v) is 12.5. The van der Waals surface area contributed by atoms with Crippen molar-refractivity contribution in [2.24, 2.45) is 0 Å². The molecule has 1 aromatic heterocycles. The summed E-state index contributed by atoms with van der Waals surface area (Å²) in [5.41, 5.74) is 1.19. The molecule has 0 fully saturated rings. The van der Waals surface area contributed by atoms with E-state index in [9.17, 15) is 4.79 Å². The number of benzene rings is 1. The Balaban J connectivity index is 2.23. The quantitative estimate of drug-likeness (QED) is 0.556. The summed E-state index contributed by atoms with van der Waals surface area (Å²) in [7, 11) is 0. The Labute approximate surface area is 119 Å². The molecule has 0 saturated heterocycles. The van der Waals surface area contributed by atoms with Crippen molar-refractivity contribution in [3.63, 3.8) is 0 Å². The van der Waals surface area contributed by atoms with Crippen LogP contribution in [-0.2, 0) is 0 Å². The van der Waals surface area contributed by atoms with Crippen LogP contribution in [0.2, 0.25) is 0 Å². The highest BCUT2D eigenvalue weighted by Gasteiger charge is 2.09. The van der Waals surface area contributed by atoms with E-state index in [1.807, 2.05) is 19.1 Å². The van der Waals surface area contributed by atoms with E-state index < -0.39 is 0 Å². The fourth-order valence-corrected chi connectivity index (χ4v) is 2.95. The fraction of sp³-hybridized carbons (Fsp3) is 0.214. The molecule has 0 saturated carbocycles. The molecule has 88 valence electrons. The maximum atomic E-state index is 11.8. The lowest BCUT2D eigenvalue weighted by Gasteiger charge is -1.97. The first kappa shape index (κ1) is 12.8. The van der Waals surface area contributed by atoms with E-state index in [4.69, 9.17) is 0 Å². The van der Waals surface area contributed by atoms with Crippen LogP contribution in [0.1, 0.15) is 29.4 Å². The SMILES string of the molecule is CCCC(=O)c1ccc(-c2ccc(I)cc2)s1. The predicted molar refractivity (Wildman–Crippen MR) is 81.7 cm³/mol. The Morgan fingerprint density at radius 3 is 2.53 bits per heavy atom. The molecular weight excluding hydrogens is 343 g/mol. The third kappa shape index (κ3) is 3.16. The molecule has 2 rings (SSSR count). The lowest BCUT2D eigenvalue weighted by atomic mass is 10.2. The zero-order valence-electron chi connectivity index (χ0n) is 9.57. The van der Waals surface area contributed by atoms with Gasteiger partial charge in [-0.3, -0.25) is 4.79 Å². The summed E-state index contributed by atoms with van der Waals surface area (Å²) < 4.78 is 1.23. The predicted octanol–water partition coefficient (Wildman–Crippen LogP) is 5.00. The number of carbonyl (C=O) groups is 1. The molecule has 0 N–H and O–H groups in total. The van der Waals surface area contributed by atoms with Crippen LogP contribution in [0.25, 0.3) is 10.4 Å². The largest absolute Gasteiger partial charge is 0.293 e. The van der Waals surface area contributed by atoms with E-state index in [0.717, 1.165) is 11.3 Å². The molecule has 0 aliphatic carbocycles. The van der Waals surface area contributed by atoms with Gasteiger partial charge in [-0.2, -0.15) is 0 Å². The first-order chi connectivity index (χ1) is 8.20. The van der Waals surface area contributed by atoms with Crippen LogP contribution in [0.5, 0.6) is 0 Å². The second-order valence-electron chi connectivity index (χ2n) is 3.84. The van der Waals surface area contributed by atoms with Gasteiger partial charge in [0.2, 0.25) is 0 Å². The van der Waals surface area contributed by atoms with Crippen LogP contribution in [0, 0.1) is 3.57 Å². The van der Waals surface area contributed by atoms with Crippen LogP contribution < -0.4 is 0 Å². The summed E-state index contributed by atoms with van der Waals surface area (Å²) in [6, 6.07) is 12.3. The number of hydrogen-bond acceptors (Lipinski definition) is 2. The van der Waals surface area contributed by atoms with E-state index in [-0.39, 0.29) is 5.78 Å². The first-order valence-electron chi connectivity index (χ1n) is 5.59. The Morgan fingerprint density at radius 2 is 1.88 bits per heavy atom. The summed E-state index contributed by atoms with van der Waals surface area (Å²) in [5.74, 6) is 0.259. The van der Waals surface area contributed by atoms with E-state index in [1.54, 1.807) is 11.3 Å². The number of ketones is 1. The standard InChI is InChI=1S/C14H13IOS/c1-2-3-12(16)14-9-8-13(17-14)10-4-6-11(15)7-5-10/h4-9H,2-3H2,1H3. The van der Waals surface area contributed by atoms with Crippen LogP contribution in [0.4, 0.5) is 0 Å². The topological polar surface area (TPSA) is 17.1 Å². The number of rotatable bonds is 4. The number of hydrogen-bond donors (Lipinski definition) is 0. The van der Waals surface area contributed by atoms with Gasteiger partial charge >= 0.3 is 0 Å². The summed E-state index contributed by atoms with van der Waals surface area (Å²) in [4.78, 5) is 13.8. The zero-order chi connectivity index (χ0) is 12.3. The molecule has 0 spiro atoms. The van der Waals surface area contributed by atoms with E-state index in [2.05, 4.69) is 46.9 Å². The van der Waals surface area contributed by atoms with Gasteiger partial charge < -0.3 is 0 Å². The number of Topliss-reactive ketones (excluding diaryl/α,β-unsaturated/α-hetero) is 1. The minimum atomic E-state index is 0.259. The van der Waals surface area contributed by atoms with Gasteiger partial charge in [-0.25, -0.2) is 0 Å². The molecule has 2 aromatic rings. The normalized spacial score (nSPS) is 10.5. The Bertz CT molecular complexity index is 513. The first-order valence-corrected chi connectivity index (χ1v) is 7.49. The average molecular weight is 356 g/mol. The van der Waals surface area contributed by atoms with Crippen molar-refractivity contribution in [3.8, 4) is 10.4 Å².